The second-order valence-corrected chi connectivity index (χ2v) is 17.1. The van der Waals surface area contributed by atoms with Crippen LogP contribution in [0.4, 0.5) is 0 Å². The molecule has 0 N–H and O–H groups in total. The Morgan fingerprint density at radius 2 is 0.951 bits per heavy atom. The first kappa shape index (κ1) is 33.0. The second kappa shape index (κ2) is 12.3. The Labute approximate surface area is 352 Å². The van der Waals surface area contributed by atoms with E-state index in [2.05, 4.69) is 203 Å². The molecule has 0 atom stereocenters. The molecule has 61 heavy (non-hydrogen) atoms. The zero-order valence-electron chi connectivity index (χ0n) is 32.7. The van der Waals surface area contributed by atoms with E-state index in [4.69, 9.17) is 9.97 Å². The fourth-order valence-corrected chi connectivity index (χ4v) is 11.3. The van der Waals surface area contributed by atoms with E-state index >= 15 is 0 Å². The SMILES string of the molecule is c1ccc(-n2c3ccccc3c3ccc(-c4nc5sc6ccccc6c5nc4-n4c5ccc6ccccc6c5c5c6c7ccccc7c7ccccc7c6ccc54)cc32)cc1. The zero-order chi connectivity index (χ0) is 39.8. The normalized spacial score (nSPS) is 12.3. The van der Waals surface area contributed by atoms with Crippen molar-refractivity contribution in [3.05, 3.63) is 194 Å². The smallest absolute Gasteiger partial charge is 0.165 e. The van der Waals surface area contributed by atoms with Crippen molar-refractivity contribution >= 4 is 118 Å². The molecule has 0 aliphatic carbocycles. The Bertz CT molecular complexity index is 4140. The van der Waals surface area contributed by atoms with Crippen LogP contribution in [0.15, 0.2) is 194 Å². The molecule has 0 fully saturated rings. The Balaban J connectivity index is 1.18. The highest BCUT2D eigenvalue weighted by atomic mass is 32.1. The molecule has 4 aromatic heterocycles. The first-order chi connectivity index (χ1) is 30.3. The Kier molecular flexibility index (Phi) is 6.68. The minimum absolute atomic E-state index is 0.817. The predicted octanol–water partition coefficient (Wildman–Crippen LogP) is 15.3. The molecule has 0 unspecified atom stereocenters. The van der Waals surface area contributed by atoms with E-state index in [0.717, 1.165) is 55.0 Å². The first-order valence-electron chi connectivity index (χ1n) is 20.8. The third-order valence-corrected chi connectivity index (χ3v) is 13.9. The van der Waals surface area contributed by atoms with Crippen molar-refractivity contribution in [1.82, 2.24) is 19.1 Å². The molecular weight excluding hydrogens is 761 g/mol. The fraction of sp³-hybridized carbons (Fsp3) is 0. The number of thiophene rings is 1. The van der Waals surface area contributed by atoms with Crippen LogP contribution in [0.5, 0.6) is 0 Å². The molecule has 4 heterocycles. The van der Waals surface area contributed by atoms with E-state index < -0.39 is 0 Å². The van der Waals surface area contributed by atoms with Gasteiger partial charge in [-0.05, 0) is 80.2 Å². The molecule has 282 valence electrons. The molecular formula is C56H32N4S. The average molecular weight is 793 g/mol. The van der Waals surface area contributed by atoms with Gasteiger partial charge in [-0.25, -0.2) is 9.97 Å². The third-order valence-electron chi connectivity index (χ3n) is 12.9. The van der Waals surface area contributed by atoms with E-state index in [9.17, 15) is 0 Å². The molecule has 0 amide bonds. The Morgan fingerprint density at radius 1 is 0.361 bits per heavy atom. The van der Waals surface area contributed by atoms with Gasteiger partial charge < -0.3 is 4.57 Å². The maximum Gasteiger partial charge on any atom is 0.165 e. The quantitative estimate of drug-likeness (QED) is 0.167. The van der Waals surface area contributed by atoms with E-state index in [1.165, 1.54) is 74.9 Å². The molecule has 0 aliphatic heterocycles. The van der Waals surface area contributed by atoms with E-state index in [0.29, 0.717) is 0 Å². The summed E-state index contributed by atoms with van der Waals surface area (Å²) in [7, 11) is 0. The van der Waals surface area contributed by atoms with Crippen molar-refractivity contribution in [1.29, 1.82) is 0 Å². The maximum absolute atomic E-state index is 5.76. The standard InChI is InChI=1S/C56H32N4S/c1-2-15-35(16-3-1)59-45-24-12-10-21-40(45)41-28-26-34(32-48(41)59)53-55(57-54-44-23-11-13-25-49(44)61-56(54)58-53)60-46-30-27-33-14-4-5-17-36(33)51(46)52-47(60)31-29-43-39-20-7-6-18-37(39)38-19-8-9-22-42(38)50(43)52/h1-32H. The summed E-state index contributed by atoms with van der Waals surface area (Å²) in [5.74, 6) is 0.817. The number of hydrogen-bond donors (Lipinski definition) is 0. The molecule has 0 bridgehead atoms. The number of hydrogen-bond acceptors (Lipinski definition) is 3. The lowest BCUT2D eigenvalue weighted by Crippen LogP contribution is -2.03. The fourth-order valence-electron chi connectivity index (χ4n) is 10.3. The van der Waals surface area contributed by atoms with Gasteiger partial charge in [0.1, 0.15) is 16.0 Å². The average Bonchev–Trinajstić information content (AvgIpc) is 3.98. The van der Waals surface area contributed by atoms with Crippen LogP contribution in [0, 0.1) is 0 Å². The summed E-state index contributed by atoms with van der Waals surface area (Å²) < 4.78 is 5.97. The molecule has 0 saturated carbocycles. The number of rotatable bonds is 3. The highest BCUT2D eigenvalue weighted by Crippen LogP contribution is 2.47. The summed E-state index contributed by atoms with van der Waals surface area (Å²) in [6, 6.07) is 70.6. The van der Waals surface area contributed by atoms with Crippen LogP contribution in [-0.2, 0) is 0 Å². The summed E-state index contributed by atoms with van der Waals surface area (Å²) in [5, 5.41) is 16.0. The molecule has 0 spiro atoms. The van der Waals surface area contributed by atoms with E-state index in [1.54, 1.807) is 11.3 Å². The molecule has 0 radical (unpaired) electrons. The van der Waals surface area contributed by atoms with Crippen LogP contribution in [0.25, 0.3) is 130 Å². The number of benzene rings is 10. The number of nitrogens with zero attached hydrogens (tertiary/aromatic N) is 4. The molecule has 5 heteroatoms. The van der Waals surface area contributed by atoms with Crippen LogP contribution < -0.4 is 0 Å². The van der Waals surface area contributed by atoms with Crippen molar-refractivity contribution in [2.45, 2.75) is 0 Å². The van der Waals surface area contributed by atoms with Crippen molar-refractivity contribution in [2.75, 3.05) is 0 Å². The van der Waals surface area contributed by atoms with Crippen molar-refractivity contribution in [2.24, 2.45) is 0 Å². The van der Waals surface area contributed by atoms with Crippen LogP contribution in [0.2, 0.25) is 0 Å². The van der Waals surface area contributed by atoms with E-state index in [1.807, 2.05) is 0 Å². The van der Waals surface area contributed by atoms with Gasteiger partial charge in [-0.1, -0.05) is 152 Å². The summed E-state index contributed by atoms with van der Waals surface area (Å²) in [6.45, 7) is 0. The second-order valence-electron chi connectivity index (χ2n) is 16.1. The van der Waals surface area contributed by atoms with Gasteiger partial charge in [0.05, 0.1) is 22.1 Å². The topological polar surface area (TPSA) is 35.6 Å². The van der Waals surface area contributed by atoms with Gasteiger partial charge in [0.25, 0.3) is 0 Å². The molecule has 0 aliphatic rings. The minimum Gasteiger partial charge on any atom is -0.309 e. The lowest BCUT2D eigenvalue weighted by atomic mass is 9.91. The Morgan fingerprint density at radius 3 is 1.77 bits per heavy atom. The molecule has 0 saturated heterocycles. The minimum atomic E-state index is 0.817. The van der Waals surface area contributed by atoms with Crippen LogP contribution in [0.3, 0.4) is 0 Å². The number of aromatic nitrogens is 4. The molecule has 14 rings (SSSR count). The molecule has 4 nitrogen and oxygen atoms in total. The third kappa shape index (κ3) is 4.53. The van der Waals surface area contributed by atoms with Gasteiger partial charge in [-0.3, -0.25) is 4.57 Å². The van der Waals surface area contributed by atoms with Gasteiger partial charge in [0.15, 0.2) is 5.82 Å². The maximum atomic E-state index is 5.76. The summed E-state index contributed by atoms with van der Waals surface area (Å²) in [5.41, 5.74) is 8.42. The highest BCUT2D eigenvalue weighted by Gasteiger charge is 2.25. The van der Waals surface area contributed by atoms with Crippen molar-refractivity contribution in [3.8, 4) is 22.8 Å². The largest absolute Gasteiger partial charge is 0.309 e. The lowest BCUT2D eigenvalue weighted by molar-refractivity contribution is 1.09. The molecule has 14 aromatic rings. The van der Waals surface area contributed by atoms with Crippen molar-refractivity contribution < 1.29 is 0 Å². The summed E-state index contributed by atoms with van der Waals surface area (Å²) in [6.07, 6.45) is 0. The highest BCUT2D eigenvalue weighted by molar-refractivity contribution is 7.25. The van der Waals surface area contributed by atoms with Crippen LogP contribution in [-0.4, -0.2) is 19.1 Å². The first-order valence-corrected chi connectivity index (χ1v) is 21.6. The van der Waals surface area contributed by atoms with E-state index in [-0.39, 0.29) is 0 Å². The number of para-hydroxylation sites is 2. The summed E-state index contributed by atoms with van der Waals surface area (Å²) >= 11 is 1.71. The predicted molar refractivity (Wildman–Crippen MR) is 259 cm³/mol. The van der Waals surface area contributed by atoms with Crippen LogP contribution >= 0.6 is 11.3 Å². The lowest BCUT2D eigenvalue weighted by Gasteiger charge is -2.15. The van der Waals surface area contributed by atoms with Crippen molar-refractivity contribution in [3.63, 3.8) is 0 Å². The van der Waals surface area contributed by atoms with Gasteiger partial charge in [0, 0.05) is 48.3 Å². The van der Waals surface area contributed by atoms with Gasteiger partial charge in [-0.15, -0.1) is 11.3 Å². The zero-order valence-corrected chi connectivity index (χ0v) is 33.5. The van der Waals surface area contributed by atoms with Crippen LogP contribution in [0.1, 0.15) is 0 Å². The number of fused-ring (bicyclic) bond motifs is 18. The van der Waals surface area contributed by atoms with Gasteiger partial charge >= 0.3 is 0 Å². The monoisotopic (exact) mass is 792 g/mol. The van der Waals surface area contributed by atoms with Gasteiger partial charge in [-0.2, -0.15) is 0 Å². The Hall–Kier alpha value is -7.86. The molecule has 10 aromatic carbocycles. The summed E-state index contributed by atoms with van der Waals surface area (Å²) in [4.78, 5) is 12.3. The van der Waals surface area contributed by atoms with Gasteiger partial charge in [0.2, 0.25) is 0 Å².